The molecule has 0 aliphatic carbocycles. The first kappa shape index (κ1) is 16.3. The van der Waals surface area contributed by atoms with Crippen molar-refractivity contribution in [2.24, 2.45) is 7.05 Å². The van der Waals surface area contributed by atoms with Gasteiger partial charge in [0.15, 0.2) is 0 Å². The molecule has 2 aromatic rings. The van der Waals surface area contributed by atoms with Crippen LogP contribution in [-0.2, 0) is 18.4 Å². The van der Waals surface area contributed by atoms with Crippen molar-refractivity contribution in [3.05, 3.63) is 48.0 Å². The van der Waals surface area contributed by atoms with Gasteiger partial charge in [0.1, 0.15) is 0 Å². The Kier molecular flexibility index (Phi) is 4.07. The molecule has 6 heteroatoms. The van der Waals surface area contributed by atoms with Crippen LogP contribution in [0.3, 0.4) is 0 Å². The largest absolute Gasteiger partial charge is 0.339 e. The number of carbonyl (C=O) groups is 1. The summed E-state index contributed by atoms with van der Waals surface area (Å²) in [6.07, 6.45) is 10.3. The highest BCUT2D eigenvalue weighted by atomic mass is 16.2. The lowest BCUT2D eigenvalue weighted by molar-refractivity contribution is -0.130. The molecule has 0 saturated carbocycles. The van der Waals surface area contributed by atoms with Crippen molar-refractivity contribution in [3.63, 3.8) is 0 Å². The Balaban J connectivity index is 1.51. The number of aryl methyl sites for hydroxylation is 1. The fraction of sp³-hybridized carbons (Fsp3) is 0.526. The predicted octanol–water partition coefficient (Wildman–Crippen LogP) is 1.80. The number of pyridine rings is 1. The van der Waals surface area contributed by atoms with E-state index >= 15 is 0 Å². The molecule has 1 amide bonds. The van der Waals surface area contributed by atoms with E-state index in [1.807, 2.05) is 42.3 Å². The van der Waals surface area contributed by atoms with Crippen molar-refractivity contribution in [1.82, 2.24) is 24.6 Å². The van der Waals surface area contributed by atoms with Crippen LogP contribution in [0.5, 0.6) is 0 Å². The minimum atomic E-state index is -0.0517. The first-order valence-corrected chi connectivity index (χ1v) is 8.95. The molecule has 0 unspecified atom stereocenters. The molecular formula is C19H25N5O. The van der Waals surface area contributed by atoms with E-state index in [-0.39, 0.29) is 17.4 Å². The lowest BCUT2D eigenvalue weighted by atomic mass is 9.74. The van der Waals surface area contributed by atoms with Gasteiger partial charge in [0.05, 0.1) is 11.7 Å². The van der Waals surface area contributed by atoms with Gasteiger partial charge in [-0.1, -0.05) is 0 Å². The first-order valence-electron chi connectivity index (χ1n) is 8.95. The Morgan fingerprint density at radius 1 is 1.20 bits per heavy atom. The number of carbonyl (C=O) groups excluding carboxylic acids is 1. The number of amides is 1. The molecule has 2 aliphatic heterocycles. The van der Waals surface area contributed by atoms with Crippen LogP contribution in [0.1, 0.15) is 36.3 Å². The number of piperidine rings is 1. The van der Waals surface area contributed by atoms with Crippen molar-refractivity contribution < 1.29 is 4.79 Å². The van der Waals surface area contributed by atoms with Crippen molar-refractivity contribution in [1.29, 1.82) is 0 Å². The molecule has 25 heavy (non-hydrogen) atoms. The van der Waals surface area contributed by atoms with Gasteiger partial charge in [0.2, 0.25) is 5.91 Å². The third-order valence-corrected chi connectivity index (χ3v) is 6.06. The molecule has 6 nitrogen and oxygen atoms in total. The van der Waals surface area contributed by atoms with Crippen LogP contribution in [0.15, 0.2) is 36.9 Å². The standard InChI is InChI=1S/C19H25N5O/c1-22-13-15(12-21-22)14-24-9-5-19(6-10-24)17(11-18(25)23(19)2)16-3-7-20-8-4-16/h3-4,7-8,12-13,17H,5-6,9-11,14H2,1-2H3/t17-/m1/s1. The first-order chi connectivity index (χ1) is 12.1. The maximum absolute atomic E-state index is 12.5. The van der Waals surface area contributed by atoms with Crippen LogP contribution >= 0.6 is 0 Å². The molecular weight excluding hydrogens is 314 g/mol. The molecule has 0 N–H and O–H groups in total. The number of hydrogen-bond acceptors (Lipinski definition) is 4. The Hall–Kier alpha value is -2.21. The maximum atomic E-state index is 12.5. The van der Waals surface area contributed by atoms with E-state index in [9.17, 15) is 4.79 Å². The Labute approximate surface area is 148 Å². The van der Waals surface area contributed by atoms with Crippen LogP contribution in [0.2, 0.25) is 0 Å². The highest BCUT2D eigenvalue weighted by Gasteiger charge is 2.52. The van der Waals surface area contributed by atoms with Crippen LogP contribution in [0, 0.1) is 0 Å². The third kappa shape index (κ3) is 2.84. The molecule has 0 aromatic carbocycles. The summed E-state index contributed by atoms with van der Waals surface area (Å²) in [5, 5.41) is 4.26. The second-order valence-electron chi connectivity index (χ2n) is 7.39. The quantitative estimate of drug-likeness (QED) is 0.856. The molecule has 2 aromatic heterocycles. The van der Waals surface area contributed by atoms with E-state index in [0.717, 1.165) is 32.5 Å². The molecule has 2 fully saturated rings. The van der Waals surface area contributed by atoms with Crippen LogP contribution < -0.4 is 0 Å². The SMILES string of the molecule is CN1C(=O)C[C@H](c2ccncc2)C12CCN(Cc1cnn(C)c1)CC2. The zero-order chi connectivity index (χ0) is 17.4. The molecule has 4 rings (SSSR count). The van der Waals surface area contributed by atoms with Gasteiger partial charge in [0.25, 0.3) is 0 Å². The second-order valence-corrected chi connectivity index (χ2v) is 7.39. The summed E-state index contributed by atoms with van der Waals surface area (Å²) < 4.78 is 1.85. The van der Waals surface area contributed by atoms with E-state index in [1.54, 1.807) is 0 Å². The molecule has 1 spiro atoms. The molecule has 0 bridgehead atoms. The van der Waals surface area contributed by atoms with E-state index in [0.29, 0.717) is 6.42 Å². The number of likely N-dealkylation sites (tertiary alicyclic amines) is 2. The van der Waals surface area contributed by atoms with Crippen molar-refractivity contribution in [3.8, 4) is 0 Å². The van der Waals surface area contributed by atoms with Gasteiger partial charge in [-0.15, -0.1) is 0 Å². The van der Waals surface area contributed by atoms with Gasteiger partial charge in [0, 0.05) is 70.2 Å². The van der Waals surface area contributed by atoms with Gasteiger partial charge in [-0.05, 0) is 30.5 Å². The number of likely N-dealkylation sites (N-methyl/N-ethyl adjacent to an activating group) is 1. The number of hydrogen-bond donors (Lipinski definition) is 0. The van der Waals surface area contributed by atoms with E-state index < -0.39 is 0 Å². The van der Waals surface area contributed by atoms with Crippen LogP contribution in [-0.4, -0.2) is 56.1 Å². The highest BCUT2D eigenvalue weighted by Crippen LogP contribution is 2.48. The van der Waals surface area contributed by atoms with Crippen molar-refractivity contribution in [2.75, 3.05) is 20.1 Å². The van der Waals surface area contributed by atoms with E-state index in [4.69, 9.17) is 0 Å². The Morgan fingerprint density at radius 2 is 1.92 bits per heavy atom. The fourth-order valence-corrected chi connectivity index (χ4v) is 4.60. The summed E-state index contributed by atoms with van der Waals surface area (Å²) in [5.41, 5.74) is 2.44. The lowest BCUT2D eigenvalue weighted by Gasteiger charge is -2.46. The minimum absolute atomic E-state index is 0.0517. The molecule has 132 valence electrons. The zero-order valence-corrected chi connectivity index (χ0v) is 14.9. The molecule has 0 radical (unpaired) electrons. The zero-order valence-electron chi connectivity index (χ0n) is 14.9. The highest BCUT2D eigenvalue weighted by molar-refractivity contribution is 5.81. The maximum Gasteiger partial charge on any atom is 0.223 e. The fourth-order valence-electron chi connectivity index (χ4n) is 4.60. The van der Waals surface area contributed by atoms with Crippen LogP contribution in [0.4, 0.5) is 0 Å². The number of aromatic nitrogens is 3. The van der Waals surface area contributed by atoms with Crippen molar-refractivity contribution in [2.45, 2.75) is 37.3 Å². The summed E-state index contributed by atoms with van der Waals surface area (Å²) in [7, 11) is 3.94. The lowest BCUT2D eigenvalue weighted by Crippen LogP contribution is -2.53. The molecule has 2 saturated heterocycles. The van der Waals surface area contributed by atoms with E-state index in [1.165, 1.54) is 11.1 Å². The van der Waals surface area contributed by atoms with Crippen molar-refractivity contribution >= 4 is 5.91 Å². The third-order valence-electron chi connectivity index (χ3n) is 6.06. The van der Waals surface area contributed by atoms with Gasteiger partial charge >= 0.3 is 0 Å². The van der Waals surface area contributed by atoms with Crippen LogP contribution in [0.25, 0.3) is 0 Å². The Bertz CT molecular complexity index is 748. The summed E-state index contributed by atoms with van der Waals surface area (Å²) in [4.78, 5) is 21.1. The van der Waals surface area contributed by atoms with Gasteiger partial charge < -0.3 is 4.90 Å². The monoisotopic (exact) mass is 339 g/mol. The van der Waals surface area contributed by atoms with Gasteiger partial charge in [-0.2, -0.15) is 5.10 Å². The smallest absolute Gasteiger partial charge is 0.223 e. The topological polar surface area (TPSA) is 54.3 Å². The Morgan fingerprint density at radius 3 is 2.56 bits per heavy atom. The predicted molar refractivity (Wildman–Crippen MR) is 94.8 cm³/mol. The second kappa shape index (κ2) is 6.26. The minimum Gasteiger partial charge on any atom is -0.339 e. The average molecular weight is 339 g/mol. The summed E-state index contributed by atoms with van der Waals surface area (Å²) >= 11 is 0. The molecule has 4 heterocycles. The van der Waals surface area contributed by atoms with E-state index in [2.05, 4.69) is 33.3 Å². The van der Waals surface area contributed by atoms with Gasteiger partial charge in [-0.25, -0.2) is 0 Å². The number of nitrogens with zero attached hydrogens (tertiary/aromatic N) is 5. The van der Waals surface area contributed by atoms with Gasteiger partial charge in [-0.3, -0.25) is 19.4 Å². The summed E-state index contributed by atoms with van der Waals surface area (Å²) in [6.45, 7) is 2.95. The normalized spacial score (nSPS) is 23.5. The summed E-state index contributed by atoms with van der Waals surface area (Å²) in [5.74, 6) is 0.538. The summed E-state index contributed by atoms with van der Waals surface area (Å²) in [6, 6.07) is 4.14. The number of rotatable bonds is 3. The average Bonchev–Trinajstić information content (AvgIpc) is 3.14. The molecule has 2 aliphatic rings. The molecule has 1 atom stereocenters.